The molecule has 1 fully saturated rings. The number of pyridine rings is 1. The van der Waals surface area contributed by atoms with E-state index in [0.717, 1.165) is 24.1 Å². The van der Waals surface area contributed by atoms with Crippen LogP contribution in [0.1, 0.15) is 53.1 Å². The molecule has 1 unspecified atom stereocenters. The van der Waals surface area contributed by atoms with E-state index in [2.05, 4.69) is 15.3 Å². The molecule has 1 amide bonds. The predicted octanol–water partition coefficient (Wildman–Crippen LogP) is 3.47. The Morgan fingerprint density at radius 3 is 2.82 bits per heavy atom. The monoisotopic (exact) mass is 385 g/mol. The highest BCUT2D eigenvalue weighted by molar-refractivity contribution is 6.14. The van der Waals surface area contributed by atoms with Gasteiger partial charge in [0.25, 0.3) is 12.3 Å². The van der Waals surface area contributed by atoms with Gasteiger partial charge < -0.3 is 5.32 Å². The Morgan fingerprint density at radius 1 is 1.25 bits per heavy atom. The number of amides is 1. The number of benzene rings is 1. The van der Waals surface area contributed by atoms with Gasteiger partial charge in [-0.15, -0.1) is 0 Å². The van der Waals surface area contributed by atoms with Crippen molar-refractivity contribution in [2.75, 3.05) is 6.54 Å². The third-order valence-corrected chi connectivity index (χ3v) is 5.96. The standard InChI is InChI=1S/C21H18F3N3O/c22-16-9-13-15(8-12(16)11-3-4-11)21(6-5-17-14(21)2-1-7-25-17)20(28)27-19(13)26-10-18(23)24/h1-2,7-9,11,18H,3-6,10H2,(H,26,27,28). The van der Waals surface area contributed by atoms with Crippen molar-refractivity contribution in [2.45, 2.75) is 43.4 Å². The molecule has 7 heteroatoms. The molecule has 3 aliphatic rings. The highest BCUT2D eigenvalue weighted by Crippen LogP contribution is 2.50. The normalized spacial score (nSPS) is 23.0. The van der Waals surface area contributed by atoms with Gasteiger partial charge in [0.15, 0.2) is 0 Å². The SMILES string of the molecule is O=C1N=C(NCC(F)F)c2cc(F)c(C3CC3)cc2C12CCc1ncccc12. The van der Waals surface area contributed by atoms with Gasteiger partial charge in [0, 0.05) is 17.5 Å². The first-order chi connectivity index (χ1) is 13.5. The summed E-state index contributed by atoms with van der Waals surface area (Å²) in [6.45, 7) is -0.650. The fourth-order valence-electron chi connectivity index (χ4n) is 4.50. The van der Waals surface area contributed by atoms with Gasteiger partial charge in [-0.2, -0.15) is 4.99 Å². The van der Waals surface area contributed by atoms with Crippen molar-refractivity contribution in [1.29, 1.82) is 0 Å². The Hall–Kier alpha value is -2.70. The number of rotatable bonds is 3. The van der Waals surface area contributed by atoms with E-state index < -0.39 is 24.3 Å². The summed E-state index contributed by atoms with van der Waals surface area (Å²) in [5, 5.41) is 2.53. The molecule has 1 aromatic heterocycles. The number of halogens is 3. The van der Waals surface area contributed by atoms with E-state index in [4.69, 9.17) is 0 Å². The van der Waals surface area contributed by atoms with Crippen molar-refractivity contribution in [3.63, 3.8) is 0 Å². The van der Waals surface area contributed by atoms with E-state index in [0.29, 0.717) is 29.5 Å². The van der Waals surface area contributed by atoms with Gasteiger partial charge in [0.2, 0.25) is 0 Å². The molecule has 1 aliphatic heterocycles. The molecule has 2 heterocycles. The number of aromatic nitrogens is 1. The zero-order chi connectivity index (χ0) is 19.5. The smallest absolute Gasteiger partial charge is 0.262 e. The minimum absolute atomic E-state index is 0.0181. The highest BCUT2D eigenvalue weighted by atomic mass is 19.3. The summed E-state index contributed by atoms with van der Waals surface area (Å²) in [4.78, 5) is 21.7. The minimum atomic E-state index is -2.61. The van der Waals surface area contributed by atoms with Crippen molar-refractivity contribution < 1.29 is 18.0 Å². The first-order valence-corrected chi connectivity index (χ1v) is 9.44. The van der Waals surface area contributed by atoms with E-state index in [1.54, 1.807) is 18.3 Å². The van der Waals surface area contributed by atoms with Crippen LogP contribution in [-0.4, -0.2) is 29.7 Å². The number of hydrogen-bond donors (Lipinski definition) is 1. The van der Waals surface area contributed by atoms with Crippen molar-refractivity contribution in [3.05, 3.63) is 64.2 Å². The molecule has 1 saturated carbocycles. The van der Waals surface area contributed by atoms with Gasteiger partial charge in [-0.3, -0.25) is 9.78 Å². The van der Waals surface area contributed by atoms with Gasteiger partial charge in [-0.25, -0.2) is 13.2 Å². The summed E-state index contributed by atoms with van der Waals surface area (Å²) in [5.41, 5.74) is 2.23. The summed E-state index contributed by atoms with van der Waals surface area (Å²) < 4.78 is 40.2. The molecule has 28 heavy (non-hydrogen) atoms. The van der Waals surface area contributed by atoms with Crippen LogP contribution in [0.2, 0.25) is 0 Å². The van der Waals surface area contributed by atoms with Crippen molar-refractivity contribution >= 4 is 11.7 Å². The maximum Gasteiger partial charge on any atom is 0.262 e. The number of nitrogens with zero attached hydrogens (tertiary/aromatic N) is 2. The summed E-state index contributed by atoms with van der Waals surface area (Å²) in [6, 6.07) is 6.76. The first kappa shape index (κ1) is 17.4. The number of amidine groups is 1. The van der Waals surface area contributed by atoms with E-state index >= 15 is 0 Å². The third-order valence-electron chi connectivity index (χ3n) is 5.96. The van der Waals surface area contributed by atoms with Gasteiger partial charge in [-0.1, -0.05) is 12.1 Å². The lowest BCUT2D eigenvalue weighted by atomic mass is 9.71. The van der Waals surface area contributed by atoms with Crippen LogP contribution in [0, 0.1) is 5.82 Å². The topological polar surface area (TPSA) is 54.4 Å². The second-order valence-corrected chi connectivity index (χ2v) is 7.63. The molecule has 2 aromatic rings. The summed E-state index contributed by atoms with van der Waals surface area (Å²) in [5.74, 6) is -0.605. The Kier molecular flexibility index (Phi) is 3.82. The zero-order valence-electron chi connectivity index (χ0n) is 15.0. The number of nitrogens with one attached hydrogen (secondary N) is 1. The number of aliphatic imine (C=N–C) groups is 1. The molecule has 1 atom stereocenters. The quantitative estimate of drug-likeness (QED) is 0.880. The average molecular weight is 385 g/mol. The van der Waals surface area contributed by atoms with E-state index in [1.165, 1.54) is 6.07 Å². The number of alkyl halides is 2. The number of fused-ring (bicyclic) bond motifs is 4. The van der Waals surface area contributed by atoms with Crippen LogP contribution in [-0.2, 0) is 16.6 Å². The highest BCUT2D eigenvalue weighted by Gasteiger charge is 2.51. The number of carbonyl (C=O) groups excluding carboxylic acids is 1. The molecule has 1 N–H and O–H groups in total. The Morgan fingerprint density at radius 2 is 2.07 bits per heavy atom. The Balaban J connectivity index is 1.72. The average Bonchev–Trinajstić information content (AvgIpc) is 3.44. The van der Waals surface area contributed by atoms with Gasteiger partial charge in [0.1, 0.15) is 17.1 Å². The number of carbonyl (C=O) groups is 1. The molecule has 5 rings (SSSR count). The van der Waals surface area contributed by atoms with Crippen LogP contribution < -0.4 is 5.32 Å². The van der Waals surface area contributed by atoms with Crippen molar-refractivity contribution in [1.82, 2.24) is 10.3 Å². The van der Waals surface area contributed by atoms with Crippen LogP contribution in [0.3, 0.4) is 0 Å². The first-order valence-electron chi connectivity index (χ1n) is 9.44. The second-order valence-electron chi connectivity index (χ2n) is 7.63. The number of hydrogen-bond acceptors (Lipinski definition) is 3. The maximum atomic E-state index is 14.8. The number of aryl methyl sites for hydroxylation is 1. The van der Waals surface area contributed by atoms with E-state index in [1.807, 2.05) is 6.07 Å². The lowest BCUT2D eigenvalue weighted by Gasteiger charge is -2.34. The molecule has 0 bridgehead atoms. The minimum Gasteiger partial charge on any atom is -0.364 e. The summed E-state index contributed by atoms with van der Waals surface area (Å²) >= 11 is 0. The van der Waals surface area contributed by atoms with Gasteiger partial charge in [0.05, 0.1) is 6.54 Å². The molecule has 4 nitrogen and oxygen atoms in total. The molecular weight excluding hydrogens is 367 g/mol. The molecule has 2 aliphatic carbocycles. The van der Waals surface area contributed by atoms with E-state index in [-0.39, 0.29) is 17.6 Å². The van der Waals surface area contributed by atoms with Gasteiger partial charge >= 0.3 is 0 Å². The zero-order valence-corrected chi connectivity index (χ0v) is 15.0. The maximum absolute atomic E-state index is 14.8. The molecule has 1 aromatic carbocycles. The Labute approximate surface area is 159 Å². The fourth-order valence-corrected chi connectivity index (χ4v) is 4.50. The molecule has 144 valence electrons. The van der Waals surface area contributed by atoms with Gasteiger partial charge in [-0.05, 0) is 60.4 Å². The van der Waals surface area contributed by atoms with Crippen LogP contribution in [0.25, 0.3) is 0 Å². The largest absolute Gasteiger partial charge is 0.364 e. The fraction of sp³-hybridized carbons (Fsp3) is 0.381. The lowest BCUT2D eigenvalue weighted by Crippen LogP contribution is -2.43. The molecule has 0 radical (unpaired) electrons. The third kappa shape index (κ3) is 2.48. The van der Waals surface area contributed by atoms with Crippen LogP contribution in [0.5, 0.6) is 0 Å². The second kappa shape index (κ2) is 6.15. The van der Waals surface area contributed by atoms with Crippen LogP contribution in [0.4, 0.5) is 13.2 Å². The van der Waals surface area contributed by atoms with E-state index in [9.17, 15) is 18.0 Å². The lowest BCUT2D eigenvalue weighted by molar-refractivity contribution is -0.122. The van der Waals surface area contributed by atoms with Crippen molar-refractivity contribution in [3.8, 4) is 0 Å². The summed E-state index contributed by atoms with van der Waals surface area (Å²) in [7, 11) is 0. The summed E-state index contributed by atoms with van der Waals surface area (Å²) in [6.07, 6.45) is 2.02. The Bertz CT molecular complexity index is 1020. The molecule has 0 saturated heterocycles. The predicted molar refractivity (Wildman–Crippen MR) is 97.3 cm³/mol. The van der Waals surface area contributed by atoms with Crippen LogP contribution in [0.15, 0.2) is 35.5 Å². The molecular formula is C21H18F3N3O. The van der Waals surface area contributed by atoms with Crippen LogP contribution >= 0.6 is 0 Å². The van der Waals surface area contributed by atoms with Crippen molar-refractivity contribution in [2.24, 2.45) is 4.99 Å². The molecule has 1 spiro atoms.